The molecule has 0 aliphatic rings. The first-order valence-corrected chi connectivity index (χ1v) is 3.64. The Morgan fingerprint density at radius 3 is 2.36 bits per heavy atom. The maximum absolute atomic E-state index is 5.39. The largest absolute Gasteiger partial charge is 0.448 e. The van der Waals surface area contributed by atoms with Gasteiger partial charge in [0.15, 0.2) is 6.20 Å². The van der Waals surface area contributed by atoms with Gasteiger partial charge in [0, 0.05) is 0 Å². The van der Waals surface area contributed by atoms with Crippen LogP contribution in [0.15, 0.2) is 18.3 Å². The van der Waals surface area contributed by atoms with E-state index in [0.29, 0.717) is 11.6 Å². The Kier molecular flexibility index (Phi) is 4.90. The maximum Gasteiger partial charge on any atom is 0.365 e. The lowest BCUT2D eigenvalue weighted by atomic mass is 10.4. The summed E-state index contributed by atoms with van der Waals surface area (Å²) in [5, 5.41) is 0. The predicted molar refractivity (Wildman–Crippen MR) is 45.3 cm³/mol. The minimum absolute atomic E-state index is 0.704. The van der Waals surface area contributed by atoms with E-state index in [2.05, 4.69) is 4.98 Å². The number of pyridine rings is 1. The number of H-pyrrole nitrogens is 1. The third kappa shape index (κ3) is 3.45. The second-order valence-corrected chi connectivity index (χ2v) is 1.69. The van der Waals surface area contributed by atoms with Crippen LogP contribution in [0.1, 0.15) is 13.8 Å². The molecule has 62 valence electrons. The molecule has 0 bridgehead atoms. The molecule has 0 saturated heterocycles. The van der Waals surface area contributed by atoms with Gasteiger partial charge in [-0.25, -0.2) is 0 Å². The smallest absolute Gasteiger partial charge is 0.365 e. The van der Waals surface area contributed by atoms with Crippen LogP contribution < -0.4 is 15.5 Å². The van der Waals surface area contributed by atoms with Crippen molar-refractivity contribution in [1.29, 1.82) is 0 Å². The highest BCUT2D eigenvalue weighted by Crippen LogP contribution is 2.01. The van der Waals surface area contributed by atoms with Crippen molar-refractivity contribution in [3.05, 3.63) is 18.3 Å². The molecule has 1 aromatic heterocycles. The topological polar surface area (TPSA) is 49.4 Å². The van der Waals surface area contributed by atoms with Gasteiger partial charge in [-0.05, 0) is 6.07 Å². The van der Waals surface area contributed by atoms with E-state index in [4.69, 9.17) is 10.5 Å². The third-order valence-electron chi connectivity index (χ3n) is 1.03. The van der Waals surface area contributed by atoms with Gasteiger partial charge in [-0.15, -0.1) is 0 Å². The van der Waals surface area contributed by atoms with E-state index in [0.717, 1.165) is 0 Å². The van der Waals surface area contributed by atoms with Crippen molar-refractivity contribution in [2.24, 2.45) is 0 Å². The molecule has 0 fully saturated rings. The van der Waals surface area contributed by atoms with E-state index in [1.807, 2.05) is 13.8 Å². The van der Waals surface area contributed by atoms with Crippen LogP contribution in [-0.4, -0.2) is 7.11 Å². The fraction of sp³-hybridized carbons (Fsp3) is 0.375. The Bertz CT molecular complexity index is 184. The Labute approximate surface area is 67.2 Å². The molecule has 0 amide bonds. The molecule has 1 aromatic rings. The summed E-state index contributed by atoms with van der Waals surface area (Å²) in [5.74, 6) is 0.712. The average molecular weight is 155 g/mol. The van der Waals surface area contributed by atoms with Crippen molar-refractivity contribution in [3.8, 4) is 5.88 Å². The quantitative estimate of drug-likeness (QED) is 0.660. The van der Waals surface area contributed by atoms with Crippen molar-refractivity contribution in [2.75, 3.05) is 12.8 Å². The summed E-state index contributed by atoms with van der Waals surface area (Å²) in [6, 6.07) is 3.55. The number of aromatic nitrogens is 1. The first-order valence-electron chi connectivity index (χ1n) is 3.64. The summed E-state index contributed by atoms with van der Waals surface area (Å²) in [6.07, 6.45) is 1.68. The molecule has 0 saturated carbocycles. The number of nitrogens with two attached hydrogens (primary N) is 1. The van der Waals surface area contributed by atoms with Crippen LogP contribution in [0.5, 0.6) is 5.88 Å². The maximum atomic E-state index is 5.39. The number of hydrogen-bond donors (Lipinski definition) is 1. The van der Waals surface area contributed by atoms with Gasteiger partial charge in [0.25, 0.3) is 0 Å². The Hall–Kier alpha value is -1.25. The molecular formula is C8H15N2O+. The Morgan fingerprint density at radius 2 is 2.00 bits per heavy atom. The van der Waals surface area contributed by atoms with Gasteiger partial charge in [-0.3, -0.25) is 0 Å². The highest BCUT2D eigenvalue weighted by Gasteiger charge is 1.95. The lowest BCUT2D eigenvalue weighted by molar-refractivity contribution is -0.392. The lowest BCUT2D eigenvalue weighted by Gasteiger charge is -1.89. The standard InChI is InChI=1S/C6H8N2O.C2H6/c1-9-6-3-2-5(7)4-8-6;1-2/h2-4H,7H2,1H3;1-2H3/p+1. The van der Waals surface area contributed by atoms with Crippen LogP contribution in [-0.2, 0) is 0 Å². The third-order valence-corrected chi connectivity index (χ3v) is 1.03. The molecule has 0 aromatic carbocycles. The number of methoxy groups -OCH3 is 1. The number of ether oxygens (including phenoxy) is 1. The van der Waals surface area contributed by atoms with Crippen LogP contribution in [0.25, 0.3) is 0 Å². The van der Waals surface area contributed by atoms with E-state index in [-0.39, 0.29) is 0 Å². The van der Waals surface area contributed by atoms with Gasteiger partial charge in [0.1, 0.15) is 0 Å². The number of anilines is 1. The van der Waals surface area contributed by atoms with Crippen molar-refractivity contribution < 1.29 is 9.72 Å². The molecule has 11 heavy (non-hydrogen) atoms. The lowest BCUT2D eigenvalue weighted by Crippen LogP contribution is -2.06. The number of rotatable bonds is 1. The summed E-state index contributed by atoms with van der Waals surface area (Å²) in [5.41, 5.74) is 6.10. The van der Waals surface area contributed by atoms with Gasteiger partial charge in [0.2, 0.25) is 0 Å². The summed E-state index contributed by atoms with van der Waals surface area (Å²) in [6.45, 7) is 4.00. The minimum atomic E-state index is 0.704. The summed E-state index contributed by atoms with van der Waals surface area (Å²) in [7, 11) is 1.60. The van der Waals surface area contributed by atoms with Gasteiger partial charge in [-0.2, -0.15) is 4.98 Å². The molecule has 3 heteroatoms. The zero-order valence-electron chi connectivity index (χ0n) is 7.22. The van der Waals surface area contributed by atoms with Crippen molar-refractivity contribution in [3.63, 3.8) is 0 Å². The van der Waals surface area contributed by atoms with Gasteiger partial charge < -0.3 is 10.5 Å². The predicted octanol–water partition coefficient (Wildman–Crippen LogP) is 1.12. The highest BCUT2D eigenvalue weighted by molar-refractivity contribution is 5.32. The molecule has 3 nitrogen and oxygen atoms in total. The summed E-state index contributed by atoms with van der Waals surface area (Å²) < 4.78 is 4.86. The van der Waals surface area contributed by atoms with Crippen LogP contribution >= 0.6 is 0 Å². The molecular weight excluding hydrogens is 140 g/mol. The molecule has 0 radical (unpaired) electrons. The Balaban J connectivity index is 0.000000461. The van der Waals surface area contributed by atoms with E-state index in [9.17, 15) is 0 Å². The van der Waals surface area contributed by atoms with Crippen LogP contribution in [0.2, 0.25) is 0 Å². The van der Waals surface area contributed by atoms with E-state index >= 15 is 0 Å². The number of nitrogen functional groups attached to an aromatic ring is 1. The fourth-order valence-electron chi connectivity index (χ4n) is 0.550. The second-order valence-electron chi connectivity index (χ2n) is 1.69. The normalized spacial score (nSPS) is 7.91. The number of nitrogens with one attached hydrogen (secondary N) is 1. The monoisotopic (exact) mass is 155 g/mol. The summed E-state index contributed by atoms with van der Waals surface area (Å²) >= 11 is 0. The average Bonchev–Trinajstić information content (AvgIpc) is 2.10. The van der Waals surface area contributed by atoms with Crippen LogP contribution in [0, 0.1) is 0 Å². The van der Waals surface area contributed by atoms with Crippen molar-refractivity contribution >= 4 is 5.69 Å². The van der Waals surface area contributed by atoms with Gasteiger partial charge in [-0.1, -0.05) is 13.8 Å². The van der Waals surface area contributed by atoms with E-state index in [1.165, 1.54) is 0 Å². The molecule has 0 spiro atoms. The molecule has 0 atom stereocenters. The molecule has 0 aliphatic carbocycles. The highest BCUT2D eigenvalue weighted by atomic mass is 16.5. The van der Waals surface area contributed by atoms with E-state index < -0.39 is 0 Å². The first kappa shape index (κ1) is 9.75. The molecule has 1 rings (SSSR count). The Morgan fingerprint density at radius 1 is 1.36 bits per heavy atom. The van der Waals surface area contributed by atoms with Gasteiger partial charge in [0.05, 0.1) is 18.9 Å². The zero-order valence-corrected chi connectivity index (χ0v) is 7.22. The number of aromatic amines is 1. The van der Waals surface area contributed by atoms with Gasteiger partial charge >= 0.3 is 5.88 Å². The number of hydrogen-bond acceptors (Lipinski definition) is 2. The van der Waals surface area contributed by atoms with Crippen molar-refractivity contribution in [1.82, 2.24) is 0 Å². The minimum Gasteiger partial charge on any atom is -0.448 e. The van der Waals surface area contributed by atoms with Crippen LogP contribution in [0.4, 0.5) is 5.69 Å². The summed E-state index contributed by atoms with van der Waals surface area (Å²) in [4.78, 5) is 2.84. The second kappa shape index (κ2) is 5.53. The molecule has 3 N–H and O–H groups in total. The van der Waals surface area contributed by atoms with E-state index in [1.54, 1.807) is 25.4 Å². The SMILES string of the molecule is CC.COc1ccc(N)c[nH+]1. The first-order chi connectivity index (χ1) is 5.33. The fourth-order valence-corrected chi connectivity index (χ4v) is 0.550. The molecule has 1 heterocycles. The van der Waals surface area contributed by atoms with Crippen molar-refractivity contribution in [2.45, 2.75) is 13.8 Å². The zero-order chi connectivity index (χ0) is 8.69. The molecule has 0 aliphatic heterocycles. The van der Waals surface area contributed by atoms with Crippen LogP contribution in [0.3, 0.4) is 0 Å². The molecule has 0 unspecified atom stereocenters.